The third-order valence-electron chi connectivity index (χ3n) is 5.75. The largest absolute Gasteiger partial charge is 0.451 e. The highest BCUT2D eigenvalue weighted by molar-refractivity contribution is 7.99. The standard InChI is InChI=1S/C23H19N5O4S2/c29-34(30,28-11-4-1-5-12-28)16-8-6-7-15(13-16)21-26-27-23(32-21)33-22-20-19(24-14-25-22)17-9-2-3-10-18(17)31-20/h2-3,6-10,13-14H,1,4-5,11-12H2. The summed E-state index contributed by atoms with van der Waals surface area (Å²) in [5, 5.41) is 9.96. The van der Waals surface area contributed by atoms with Crippen molar-refractivity contribution in [2.45, 2.75) is 34.4 Å². The average molecular weight is 494 g/mol. The monoisotopic (exact) mass is 493 g/mol. The van der Waals surface area contributed by atoms with Crippen molar-refractivity contribution in [3.63, 3.8) is 0 Å². The van der Waals surface area contributed by atoms with E-state index >= 15 is 0 Å². The van der Waals surface area contributed by atoms with Crippen LogP contribution in [-0.4, -0.2) is 46.0 Å². The van der Waals surface area contributed by atoms with Gasteiger partial charge in [-0.05, 0) is 54.9 Å². The first-order valence-corrected chi connectivity index (χ1v) is 13.1. The van der Waals surface area contributed by atoms with Crippen LogP contribution in [0, 0.1) is 0 Å². The molecule has 172 valence electrons. The Morgan fingerprint density at radius 2 is 1.76 bits per heavy atom. The second-order valence-corrected chi connectivity index (χ2v) is 10.8. The van der Waals surface area contributed by atoms with Gasteiger partial charge in [-0.15, -0.1) is 10.2 Å². The number of hydrogen-bond acceptors (Lipinski definition) is 9. The van der Waals surface area contributed by atoms with E-state index < -0.39 is 10.0 Å². The number of fused-ring (bicyclic) bond motifs is 3. The molecule has 4 heterocycles. The molecule has 0 radical (unpaired) electrons. The number of nitrogens with zero attached hydrogens (tertiary/aromatic N) is 5. The smallest absolute Gasteiger partial charge is 0.283 e. The van der Waals surface area contributed by atoms with Gasteiger partial charge < -0.3 is 8.83 Å². The van der Waals surface area contributed by atoms with E-state index in [0.717, 1.165) is 30.2 Å². The van der Waals surface area contributed by atoms with Gasteiger partial charge in [-0.1, -0.05) is 24.6 Å². The molecule has 1 aliphatic heterocycles. The van der Waals surface area contributed by atoms with Gasteiger partial charge in [0.15, 0.2) is 10.6 Å². The van der Waals surface area contributed by atoms with Gasteiger partial charge in [0.2, 0.25) is 15.9 Å². The third kappa shape index (κ3) is 3.75. The number of sulfonamides is 1. The molecule has 0 unspecified atom stereocenters. The molecule has 5 aromatic rings. The Morgan fingerprint density at radius 1 is 0.912 bits per heavy atom. The maximum atomic E-state index is 13.0. The fourth-order valence-electron chi connectivity index (χ4n) is 4.07. The van der Waals surface area contributed by atoms with E-state index in [1.165, 1.54) is 18.1 Å². The minimum atomic E-state index is -3.56. The van der Waals surface area contributed by atoms with Gasteiger partial charge in [0.1, 0.15) is 17.4 Å². The summed E-state index contributed by atoms with van der Waals surface area (Å²) < 4.78 is 39.4. The fraction of sp³-hybridized carbons (Fsp3) is 0.217. The van der Waals surface area contributed by atoms with Crippen molar-refractivity contribution < 1.29 is 17.3 Å². The molecular weight excluding hydrogens is 474 g/mol. The fourth-order valence-corrected chi connectivity index (χ4v) is 6.33. The van der Waals surface area contributed by atoms with Gasteiger partial charge in [-0.2, -0.15) is 4.31 Å². The Bertz CT molecular complexity index is 1610. The molecule has 2 aromatic carbocycles. The van der Waals surface area contributed by atoms with E-state index in [2.05, 4.69) is 20.2 Å². The molecule has 0 aliphatic carbocycles. The summed E-state index contributed by atoms with van der Waals surface area (Å²) in [4.78, 5) is 8.89. The van der Waals surface area contributed by atoms with Crippen LogP contribution >= 0.6 is 11.8 Å². The number of furan rings is 1. The van der Waals surface area contributed by atoms with Crippen molar-refractivity contribution >= 4 is 43.9 Å². The lowest BCUT2D eigenvalue weighted by atomic mass is 10.2. The number of rotatable bonds is 5. The van der Waals surface area contributed by atoms with E-state index in [9.17, 15) is 8.42 Å². The van der Waals surface area contributed by atoms with E-state index in [0.29, 0.717) is 34.8 Å². The molecule has 1 fully saturated rings. The second kappa shape index (κ2) is 8.49. The zero-order chi connectivity index (χ0) is 23.1. The number of benzene rings is 2. The van der Waals surface area contributed by atoms with Gasteiger partial charge in [-0.3, -0.25) is 0 Å². The topological polar surface area (TPSA) is 115 Å². The first kappa shape index (κ1) is 21.3. The van der Waals surface area contributed by atoms with Gasteiger partial charge in [0, 0.05) is 24.0 Å². The SMILES string of the molecule is O=S(=O)(c1cccc(-c2nnc(Sc3ncnc4c3oc3ccccc34)o2)c1)N1CCCCC1. The Kier molecular flexibility index (Phi) is 5.31. The number of hydrogen-bond donors (Lipinski definition) is 0. The van der Waals surface area contributed by atoms with Crippen molar-refractivity contribution in [2.24, 2.45) is 0 Å². The molecule has 0 N–H and O–H groups in total. The summed E-state index contributed by atoms with van der Waals surface area (Å²) >= 11 is 1.17. The average Bonchev–Trinajstić information content (AvgIpc) is 3.50. The Hall–Kier alpha value is -3.28. The van der Waals surface area contributed by atoms with Gasteiger partial charge in [-0.25, -0.2) is 18.4 Å². The van der Waals surface area contributed by atoms with Crippen molar-refractivity contribution in [3.05, 3.63) is 54.9 Å². The first-order valence-electron chi connectivity index (χ1n) is 10.8. The van der Waals surface area contributed by atoms with Crippen LogP contribution in [-0.2, 0) is 10.0 Å². The summed E-state index contributed by atoms with van der Waals surface area (Å²) in [6, 6.07) is 14.3. The Labute approximate surface area is 199 Å². The highest BCUT2D eigenvalue weighted by atomic mass is 32.2. The predicted molar refractivity (Wildman–Crippen MR) is 126 cm³/mol. The minimum Gasteiger partial charge on any atom is -0.451 e. The molecule has 0 spiro atoms. The molecule has 11 heteroatoms. The van der Waals surface area contributed by atoms with Crippen LogP contribution in [0.25, 0.3) is 33.5 Å². The molecule has 34 heavy (non-hydrogen) atoms. The number of para-hydroxylation sites is 1. The molecule has 6 rings (SSSR count). The lowest BCUT2D eigenvalue weighted by molar-refractivity contribution is 0.346. The van der Waals surface area contributed by atoms with E-state index in [-0.39, 0.29) is 16.0 Å². The Morgan fingerprint density at radius 3 is 2.65 bits per heavy atom. The Balaban J connectivity index is 1.30. The maximum Gasteiger partial charge on any atom is 0.283 e. The second-order valence-electron chi connectivity index (χ2n) is 7.92. The first-order chi connectivity index (χ1) is 16.6. The van der Waals surface area contributed by atoms with Crippen molar-refractivity contribution in [2.75, 3.05) is 13.1 Å². The molecule has 0 amide bonds. The molecule has 1 saturated heterocycles. The molecule has 0 atom stereocenters. The molecule has 3 aromatic heterocycles. The summed E-state index contributed by atoms with van der Waals surface area (Å²) in [5.74, 6) is 0.230. The van der Waals surface area contributed by atoms with E-state index in [1.807, 2.05) is 24.3 Å². The third-order valence-corrected chi connectivity index (χ3v) is 8.47. The molecule has 0 bridgehead atoms. The number of aromatic nitrogens is 4. The lowest BCUT2D eigenvalue weighted by Gasteiger charge is -2.25. The van der Waals surface area contributed by atoms with Gasteiger partial charge in [0.25, 0.3) is 5.22 Å². The van der Waals surface area contributed by atoms with E-state index in [4.69, 9.17) is 8.83 Å². The van der Waals surface area contributed by atoms with Crippen LogP contribution in [0.2, 0.25) is 0 Å². The lowest BCUT2D eigenvalue weighted by Crippen LogP contribution is -2.35. The van der Waals surface area contributed by atoms with E-state index in [1.54, 1.807) is 28.6 Å². The van der Waals surface area contributed by atoms with Crippen molar-refractivity contribution in [1.29, 1.82) is 0 Å². The quantitative estimate of drug-likeness (QED) is 0.320. The highest BCUT2D eigenvalue weighted by Crippen LogP contribution is 2.36. The maximum absolute atomic E-state index is 13.0. The van der Waals surface area contributed by atoms with Gasteiger partial charge in [0.05, 0.1) is 4.90 Å². The molecule has 9 nitrogen and oxygen atoms in total. The summed E-state index contributed by atoms with van der Waals surface area (Å²) in [6.07, 6.45) is 4.29. The summed E-state index contributed by atoms with van der Waals surface area (Å²) in [7, 11) is -3.56. The van der Waals surface area contributed by atoms with Crippen molar-refractivity contribution in [3.8, 4) is 11.5 Å². The zero-order valence-electron chi connectivity index (χ0n) is 17.9. The van der Waals surface area contributed by atoms with Crippen molar-refractivity contribution in [1.82, 2.24) is 24.5 Å². The normalized spacial score (nSPS) is 15.3. The minimum absolute atomic E-state index is 0.221. The van der Waals surface area contributed by atoms with Crippen LogP contribution in [0.3, 0.4) is 0 Å². The molecule has 0 saturated carbocycles. The van der Waals surface area contributed by atoms with Crippen LogP contribution in [0.15, 0.2) is 78.8 Å². The van der Waals surface area contributed by atoms with Crippen LogP contribution in [0.1, 0.15) is 19.3 Å². The predicted octanol–water partition coefficient (Wildman–Crippen LogP) is 4.75. The molecular formula is C23H19N5O4S2. The summed E-state index contributed by atoms with van der Waals surface area (Å²) in [6.45, 7) is 1.09. The molecule has 1 aliphatic rings. The summed E-state index contributed by atoms with van der Waals surface area (Å²) in [5.41, 5.74) is 2.51. The van der Waals surface area contributed by atoms with Crippen LogP contribution in [0.4, 0.5) is 0 Å². The zero-order valence-corrected chi connectivity index (χ0v) is 19.6. The van der Waals surface area contributed by atoms with Gasteiger partial charge >= 0.3 is 0 Å². The number of piperidine rings is 1. The van der Waals surface area contributed by atoms with Crippen LogP contribution in [0.5, 0.6) is 0 Å². The highest BCUT2D eigenvalue weighted by Gasteiger charge is 2.26. The van der Waals surface area contributed by atoms with Crippen LogP contribution < -0.4 is 0 Å².